The van der Waals surface area contributed by atoms with Gasteiger partial charge < -0.3 is 5.73 Å². The van der Waals surface area contributed by atoms with Crippen LogP contribution in [0.4, 0.5) is 0 Å². The second kappa shape index (κ2) is 6.66. The summed E-state index contributed by atoms with van der Waals surface area (Å²) in [7, 11) is 0. The van der Waals surface area contributed by atoms with Gasteiger partial charge >= 0.3 is 0 Å². The molecule has 1 rings (SSSR count). The van der Waals surface area contributed by atoms with Gasteiger partial charge in [0.05, 0.1) is 0 Å². The first kappa shape index (κ1) is 13.2. The topological polar surface area (TPSA) is 29.3 Å². The third kappa shape index (κ3) is 4.33. The van der Waals surface area contributed by atoms with E-state index in [0.717, 1.165) is 19.6 Å². The summed E-state index contributed by atoms with van der Waals surface area (Å²) in [5.74, 6) is 0.546. The summed E-state index contributed by atoms with van der Waals surface area (Å²) >= 11 is 0. The lowest BCUT2D eigenvalue weighted by Gasteiger charge is -2.26. The second-order valence-electron chi connectivity index (χ2n) is 4.72. The maximum Gasteiger partial charge on any atom is 0.0234 e. The van der Waals surface area contributed by atoms with Crippen LogP contribution < -0.4 is 5.73 Å². The zero-order chi connectivity index (χ0) is 12.0. The summed E-state index contributed by atoms with van der Waals surface area (Å²) < 4.78 is 0. The zero-order valence-electron chi connectivity index (χ0n) is 10.7. The maximum absolute atomic E-state index is 6.10. The van der Waals surface area contributed by atoms with Crippen LogP contribution in [0.2, 0.25) is 0 Å². The van der Waals surface area contributed by atoms with Crippen LogP contribution in [0.1, 0.15) is 26.3 Å². The van der Waals surface area contributed by atoms with Crippen molar-refractivity contribution in [1.82, 2.24) is 4.90 Å². The molecule has 0 amide bonds. The predicted octanol–water partition coefficient (Wildman–Crippen LogP) is 2.49. The highest BCUT2D eigenvalue weighted by Gasteiger charge is 2.12. The molecule has 0 heterocycles. The number of hydrogen-bond acceptors (Lipinski definition) is 2. The van der Waals surface area contributed by atoms with Crippen LogP contribution in [-0.4, -0.2) is 24.0 Å². The number of hydrogen-bond donors (Lipinski definition) is 1. The van der Waals surface area contributed by atoms with Gasteiger partial charge in [-0.15, -0.1) is 0 Å². The Morgan fingerprint density at radius 2 is 1.81 bits per heavy atom. The smallest absolute Gasteiger partial charge is 0.0234 e. The molecular weight excluding hydrogens is 196 g/mol. The van der Waals surface area contributed by atoms with Crippen molar-refractivity contribution in [3.8, 4) is 0 Å². The molecule has 1 aromatic rings. The van der Waals surface area contributed by atoms with Gasteiger partial charge in [0.2, 0.25) is 0 Å². The molecule has 2 nitrogen and oxygen atoms in total. The van der Waals surface area contributed by atoms with Gasteiger partial charge in [0.25, 0.3) is 0 Å². The molecule has 1 unspecified atom stereocenters. The third-order valence-corrected chi connectivity index (χ3v) is 3.02. The Balaban J connectivity index is 2.49. The monoisotopic (exact) mass is 220 g/mol. The van der Waals surface area contributed by atoms with Crippen LogP contribution in [0.15, 0.2) is 30.3 Å². The summed E-state index contributed by atoms with van der Waals surface area (Å²) in [5, 5.41) is 0. The van der Waals surface area contributed by atoms with E-state index >= 15 is 0 Å². The first-order chi connectivity index (χ1) is 7.63. The van der Waals surface area contributed by atoms with Gasteiger partial charge in [-0.05, 0) is 18.0 Å². The van der Waals surface area contributed by atoms with Crippen LogP contribution in [0, 0.1) is 5.92 Å². The highest BCUT2D eigenvalue weighted by atomic mass is 15.1. The molecule has 0 spiro atoms. The van der Waals surface area contributed by atoms with E-state index in [1.54, 1.807) is 0 Å². The van der Waals surface area contributed by atoms with Crippen molar-refractivity contribution in [2.75, 3.05) is 13.1 Å². The van der Waals surface area contributed by atoms with Gasteiger partial charge in [-0.25, -0.2) is 0 Å². The summed E-state index contributed by atoms with van der Waals surface area (Å²) in [6.07, 6.45) is 0. The van der Waals surface area contributed by atoms with Crippen molar-refractivity contribution < 1.29 is 0 Å². The SMILES string of the molecule is CCN(Cc1ccccc1)CC(N)C(C)C. The average Bonchev–Trinajstić information content (AvgIpc) is 2.29. The number of benzene rings is 1. The van der Waals surface area contributed by atoms with Crippen LogP contribution in [0.3, 0.4) is 0 Å². The average molecular weight is 220 g/mol. The first-order valence-corrected chi connectivity index (χ1v) is 6.15. The molecule has 0 aromatic heterocycles. The van der Waals surface area contributed by atoms with Gasteiger partial charge in [-0.2, -0.15) is 0 Å². The molecule has 0 fully saturated rings. The van der Waals surface area contributed by atoms with E-state index in [-0.39, 0.29) is 6.04 Å². The standard InChI is InChI=1S/C14H24N2/c1-4-16(11-14(15)12(2)3)10-13-8-6-5-7-9-13/h5-9,12,14H,4,10-11,15H2,1-3H3. The summed E-state index contributed by atoms with van der Waals surface area (Å²) in [6, 6.07) is 10.8. The highest BCUT2D eigenvalue weighted by molar-refractivity contribution is 5.14. The molecule has 2 N–H and O–H groups in total. The number of likely N-dealkylation sites (N-methyl/N-ethyl adjacent to an activating group) is 1. The fourth-order valence-electron chi connectivity index (χ4n) is 1.66. The van der Waals surface area contributed by atoms with Crippen molar-refractivity contribution in [2.24, 2.45) is 11.7 Å². The molecule has 1 aromatic carbocycles. The molecule has 2 heteroatoms. The van der Waals surface area contributed by atoms with Crippen LogP contribution in [0.5, 0.6) is 0 Å². The second-order valence-corrected chi connectivity index (χ2v) is 4.72. The minimum Gasteiger partial charge on any atom is -0.326 e. The van der Waals surface area contributed by atoms with Crippen molar-refractivity contribution in [1.29, 1.82) is 0 Å². The molecule has 0 aliphatic rings. The molecule has 0 aliphatic heterocycles. The maximum atomic E-state index is 6.10. The summed E-state index contributed by atoms with van der Waals surface area (Å²) in [4.78, 5) is 2.40. The largest absolute Gasteiger partial charge is 0.326 e. The molecule has 90 valence electrons. The van der Waals surface area contributed by atoms with Gasteiger partial charge in [0.15, 0.2) is 0 Å². The normalized spacial score (nSPS) is 13.4. The van der Waals surface area contributed by atoms with E-state index in [0.29, 0.717) is 5.92 Å². The Morgan fingerprint density at radius 3 is 2.31 bits per heavy atom. The van der Waals surface area contributed by atoms with E-state index in [1.165, 1.54) is 5.56 Å². The Kier molecular flexibility index (Phi) is 5.50. The van der Waals surface area contributed by atoms with E-state index in [9.17, 15) is 0 Å². The number of rotatable bonds is 6. The summed E-state index contributed by atoms with van der Waals surface area (Å²) in [6.45, 7) is 9.58. The van der Waals surface area contributed by atoms with Gasteiger partial charge in [-0.1, -0.05) is 51.1 Å². The highest BCUT2D eigenvalue weighted by Crippen LogP contribution is 2.07. The zero-order valence-corrected chi connectivity index (χ0v) is 10.7. The van der Waals surface area contributed by atoms with E-state index in [1.807, 2.05) is 0 Å². The minimum absolute atomic E-state index is 0.267. The number of nitrogens with zero attached hydrogens (tertiary/aromatic N) is 1. The van der Waals surface area contributed by atoms with Crippen molar-refractivity contribution in [3.63, 3.8) is 0 Å². The minimum atomic E-state index is 0.267. The van der Waals surface area contributed by atoms with E-state index < -0.39 is 0 Å². The summed E-state index contributed by atoms with van der Waals surface area (Å²) in [5.41, 5.74) is 7.47. The van der Waals surface area contributed by atoms with Crippen LogP contribution >= 0.6 is 0 Å². The Morgan fingerprint density at radius 1 is 1.19 bits per heavy atom. The molecule has 0 aliphatic carbocycles. The van der Waals surface area contributed by atoms with Crippen LogP contribution in [0.25, 0.3) is 0 Å². The van der Waals surface area contributed by atoms with E-state index in [2.05, 4.69) is 56.0 Å². The quantitative estimate of drug-likeness (QED) is 0.798. The van der Waals surface area contributed by atoms with Gasteiger partial charge in [0, 0.05) is 19.1 Å². The molecule has 0 bridgehead atoms. The molecule has 0 saturated heterocycles. The molecule has 1 atom stereocenters. The van der Waals surface area contributed by atoms with Gasteiger partial charge in [0.1, 0.15) is 0 Å². The number of nitrogens with two attached hydrogens (primary N) is 1. The lowest BCUT2D eigenvalue weighted by molar-refractivity contribution is 0.241. The van der Waals surface area contributed by atoms with Crippen molar-refractivity contribution >= 4 is 0 Å². The van der Waals surface area contributed by atoms with Gasteiger partial charge in [-0.3, -0.25) is 4.90 Å². The Bertz CT molecular complexity index is 282. The Labute approximate surface area is 99.5 Å². The molecule has 16 heavy (non-hydrogen) atoms. The Hall–Kier alpha value is -0.860. The molecule has 0 radical (unpaired) electrons. The molecular formula is C14H24N2. The fourth-order valence-corrected chi connectivity index (χ4v) is 1.66. The molecule has 0 saturated carbocycles. The predicted molar refractivity (Wildman–Crippen MR) is 70.2 cm³/mol. The van der Waals surface area contributed by atoms with Crippen LogP contribution in [-0.2, 0) is 6.54 Å². The van der Waals surface area contributed by atoms with Crippen molar-refractivity contribution in [3.05, 3.63) is 35.9 Å². The van der Waals surface area contributed by atoms with E-state index in [4.69, 9.17) is 5.73 Å². The van der Waals surface area contributed by atoms with Crippen molar-refractivity contribution in [2.45, 2.75) is 33.4 Å². The fraction of sp³-hybridized carbons (Fsp3) is 0.571. The lowest BCUT2D eigenvalue weighted by atomic mass is 10.0. The first-order valence-electron chi connectivity index (χ1n) is 6.15. The third-order valence-electron chi connectivity index (χ3n) is 3.02. The lowest BCUT2D eigenvalue weighted by Crippen LogP contribution is -2.40.